The normalized spacial score (nSPS) is 22.0. The van der Waals surface area contributed by atoms with Crippen molar-refractivity contribution in [3.63, 3.8) is 0 Å². The van der Waals surface area contributed by atoms with E-state index in [1.165, 1.54) is 26.4 Å². The molecule has 1 aromatic carbocycles. The van der Waals surface area contributed by atoms with Crippen molar-refractivity contribution in [1.82, 2.24) is 0 Å². The van der Waals surface area contributed by atoms with Crippen LogP contribution in [0, 0.1) is 6.92 Å². The van der Waals surface area contributed by atoms with E-state index in [4.69, 9.17) is 13.5 Å². The Hall–Kier alpha value is -1.68. The van der Waals surface area contributed by atoms with Crippen molar-refractivity contribution in [1.29, 1.82) is 0 Å². The maximum Gasteiger partial charge on any atom is 0.344 e. The van der Waals surface area contributed by atoms with Crippen molar-refractivity contribution in [3.8, 4) is 0 Å². The fraction of sp³-hybridized carbons (Fsp3) is 0.476. The SMILES string of the molecule is CCCCc1cc(=O)cc([C@@]2(P(=O)(OC)OC)C[C@H]2c2ccc(C)cc2)o1. The van der Waals surface area contributed by atoms with E-state index in [0.717, 1.165) is 24.0 Å². The zero-order valence-electron chi connectivity index (χ0n) is 16.4. The van der Waals surface area contributed by atoms with E-state index in [9.17, 15) is 9.36 Å². The zero-order chi connectivity index (χ0) is 19.7. The third kappa shape index (κ3) is 3.56. The van der Waals surface area contributed by atoms with Crippen LogP contribution in [0.4, 0.5) is 0 Å². The molecule has 1 saturated carbocycles. The van der Waals surface area contributed by atoms with E-state index in [1.807, 2.05) is 31.2 Å². The summed E-state index contributed by atoms with van der Waals surface area (Å²) in [6.07, 6.45) is 3.15. The summed E-state index contributed by atoms with van der Waals surface area (Å²) in [5.41, 5.74) is 2.05. The molecule has 1 heterocycles. The average molecular weight is 390 g/mol. The first kappa shape index (κ1) is 20.1. The van der Waals surface area contributed by atoms with Gasteiger partial charge in [0.1, 0.15) is 16.7 Å². The fourth-order valence-electron chi connectivity index (χ4n) is 3.77. The molecule has 0 radical (unpaired) electrons. The third-order valence-electron chi connectivity index (χ3n) is 5.40. The monoisotopic (exact) mass is 390 g/mol. The van der Waals surface area contributed by atoms with Gasteiger partial charge in [0.15, 0.2) is 5.43 Å². The van der Waals surface area contributed by atoms with Gasteiger partial charge in [0.25, 0.3) is 0 Å². The zero-order valence-corrected chi connectivity index (χ0v) is 17.3. The highest BCUT2D eigenvalue weighted by Crippen LogP contribution is 2.81. The van der Waals surface area contributed by atoms with Crippen LogP contribution in [0.3, 0.4) is 0 Å². The van der Waals surface area contributed by atoms with Crippen molar-refractivity contribution in [2.75, 3.05) is 14.2 Å². The highest BCUT2D eigenvalue weighted by atomic mass is 31.2. The Balaban J connectivity index is 2.10. The van der Waals surface area contributed by atoms with Gasteiger partial charge in [-0.25, -0.2) is 0 Å². The van der Waals surface area contributed by atoms with Gasteiger partial charge in [-0.2, -0.15) is 0 Å². The maximum atomic E-state index is 13.5. The maximum absolute atomic E-state index is 13.5. The summed E-state index contributed by atoms with van der Waals surface area (Å²) in [5.74, 6) is 0.930. The molecule has 146 valence electrons. The molecule has 1 aromatic heterocycles. The fourth-order valence-corrected chi connectivity index (χ4v) is 5.89. The lowest BCUT2D eigenvalue weighted by Gasteiger charge is -2.25. The van der Waals surface area contributed by atoms with Crippen molar-refractivity contribution in [2.45, 2.75) is 50.6 Å². The molecule has 6 heteroatoms. The summed E-state index contributed by atoms with van der Waals surface area (Å²) >= 11 is 0. The molecular weight excluding hydrogens is 363 g/mol. The Morgan fingerprint density at radius 3 is 2.44 bits per heavy atom. The number of hydrogen-bond acceptors (Lipinski definition) is 5. The smallest absolute Gasteiger partial charge is 0.344 e. The summed E-state index contributed by atoms with van der Waals surface area (Å²) in [6, 6.07) is 11.1. The van der Waals surface area contributed by atoms with Gasteiger partial charge >= 0.3 is 7.60 Å². The molecule has 0 aliphatic heterocycles. The second-order valence-electron chi connectivity index (χ2n) is 7.18. The second kappa shape index (κ2) is 7.75. The minimum atomic E-state index is -3.53. The highest BCUT2D eigenvalue weighted by molar-refractivity contribution is 7.55. The molecule has 2 atom stereocenters. The van der Waals surface area contributed by atoms with Gasteiger partial charge in [0, 0.05) is 38.7 Å². The van der Waals surface area contributed by atoms with Gasteiger partial charge in [-0.3, -0.25) is 9.36 Å². The number of unbranched alkanes of at least 4 members (excludes halogenated alkanes) is 1. The van der Waals surface area contributed by atoms with Crippen LogP contribution in [-0.2, 0) is 25.2 Å². The lowest BCUT2D eigenvalue weighted by Crippen LogP contribution is -2.17. The van der Waals surface area contributed by atoms with E-state index in [-0.39, 0.29) is 11.3 Å². The molecule has 0 unspecified atom stereocenters. The molecule has 0 amide bonds. The van der Waals surface area contributed by atoms with Crippen LogP contribution >= 0.6 is 7.60 Å². The molecule has 1 aliphatic carbocycles. The van der Waals surface area contributed by atoms with Crippen LogP contribution in [-0.4, -0.2) is 14.2 Å². The number of rotatable bonds is 8. The predicted octanol–water partition coefficient (Wildman–Crippen LogP) is 5.16. The Morgan fingerprint density at radius 2 is 1.85 bits per heavy atom. The van der Waals surface area contributed by atoms with Crippen LogP contribution in [0.2, 0.25) is 0 Å². The predicted molar refractivity (Wildman–Crippen MR) is 105 cm³/mol. The van der Waals surface area contributed by atoms with Gasteiger partial charge in [-0.15, -0.1) is 0 Å². The Bertz CT molecular complexity index is 894. The number of aryl methyl sites for hydroxylation is 2. The molecule has 0 saturated heterocycles. The molecule has 0 bridgehead atoms. The molecule has 3 rings (SSSR count). The molecular formula is C21H27O5P. The standard InChI is InChI=1S/C21H27O5P/c1-5-6-7-18-12-17(22)13-20(26-18)21(27(23,24-3)25-4)14-19(21)16-10-8-15(2)9-11-16/h8-13,19H,5-7,14H2,1-4H3/t19-,21+/m0/s1. The quantitative estimate of drug-likeness (QED) is 0.583. The lowest BCUT2D eigenvalue weighted by atomic mass is 10.1. The summed E-state index contributed by atoms with van der Waals surface area (Å²) < 4.78 is 30.3. The van der Waals surface area contributed by atoms with Gasteiger partial charge in [-0.1, -0.05) is 43.2 Å². The van der Waals surface area contributed by atoms with E-state index in [1.54, 1.807) is 0 Å². The molecule has 1 fully saturated rings. The first-order chi connectivity index (χ1) is 12.9. The third-order valence-corrected chi connectivity index (χ3v) is 8.06. The first-order valence-corrected chi connectivity index (χ1v) is 10.9. The van der Waals surface area contributed by atoms with Crippen LogP contribution in [0.5, 0.6) is 0 Å². The van der Waals surface area contributed by atoms with Crippen molar-refractivity contribution in [3.05, 3.63) is 69.3 Å². The minimum absolute atomic E-state index is 0.0894. The van der Waals surface area contributed by atoms with Crippen molar-refractivity contribution >= 4 is 7.60 Å². The molecule has 5 nitrogen and oxygen atoms in total. The molecule has 0 spiro atoms. The van der Waals surface area contributed by atoms with Crippen molar-refractivity contribution in [2.24, 2.45) is 0 Å². The number of benzene rings is 1. The van der Waals surface area contributed by atoms with Crippen LogP contribution in [0.1, 0.15) is 54.8 Å². The van der Waals surface area contributed by atoms with Crippen molar-refractivity contribution < 1.29 is 18.0 Å². The Morgan fingerprint density at radius 1 is 1.19 bits per heavy atom. The van der Waals surface area contributed by atoms with Gasteiger partial charge in [0.2, 0.25) is 0 Å². The van der Waals surface area contributed by atoms with Gasteiger partial charge < -0.3 is 13.5 Å². The minimum Gasteiger partial charge on any atom is -0.464 e. The van der Waals surface area contributed by atoms with Crippen LogP contribution in [0.15, 0.2) is 45.6 Å². The van der Waals surface area contributed by atoms with Crippen LogP contribution in [0.25, 0.3) is 0 Å². The largest absolute Gasteiger partial charge is 0.464 e. The first-order valence-electron chi connectivity index (χ1n) is 9.33. The van der Waals surface area contributed by atoms with E-state index >= 15 is 0 Å². The lowest BCUT2D eigenvalue weighted by molar-refractivity contribution is 0.254. The summed E-state index contributed by atoms with van der Waals surface area (Å²) in [7, 11) is -0.757. The van der Waals surface area contributed by atoms with Gasteiger partial charge in [-0.05, 0) is 25.3 Å². The topological polar surface area (TPSA) is 65.7 Å². The van der Waals surface area contributed by atoms with E-state index < -0.39 is 12.8 Å². The average Bonchev–Trinajstić information content (AvgIpc) is 3.43. The molecule has 0 N–H and O–H groups in total. The molecule has 2 aromatic rings. The van der Waals surface area contributed by atoms with E-state index in [0.29, 0.717) is 24.4 Å². The highest BCUT2D eigenvalue weighted by Gasteiger charge is 2.71. The molecule has 27 heavy (non-hydrogen) atoms. The van der Waals surface area contributed by atoms with E-state index in [2.05, 4.69) is 6.92 Å². The Labute approximate surface area is 160 Å². The van der Waals surface area contributed by atoms with Crippen LogP contribution < -0.4 is 5.43 Å². The number of hydrogen-bond donors (Lipinski definition) is 0. The molecule has 1 aliphatic rings. The second-order valence-corrected chi connectivity index (χ2v) is 9.70. The Kier molecular flexibility index (Phi) is 5.76. The van der Waals surface area contributed by atoms with Gasteiger partial charge in [0.05, 0.1) is 0 Å². The summed E-state index contributed by atoms with van der Waals surface area (Å²) in [4.78, 5) is 12.3. The summed E-state index contributed by atoms with van der Waals surface area (Å²) in [6.45, 7) is 4.11. The summed E-state index contributed by atoms with van der Waals surface area (Å²) in [5, 5.41) is -0.965.